The normalized spacial score (nSPS) is 18.0. The maximum atomic E-state index is 12.8. The van der Waals surface area contributed by atoms with E-state index in [1.165, 1.54) is 24.1 Å². The molecule has 0 radical (unpaired) electrons. The number of nitrogens with zero attached hydrogens (tertiary/aromatic N) is 2. The number of anilines is 1. The number of aryl methyl sites for hydroxylation is 1. The van der Waals surface area contributed by atoms with Crippen LogP contribution in [-0.2, 0) is 23.1 Å². The molecule has 2 aromatic carbocycles. The molecule has 136 valence electrons. The van der Waals surface area contributed by atoms with Crippen molar-refractivity contribution in [1.82, 2.24) is 4.90 Å². The molecule has 26 heavy (non-hydrogen) atoms. The molecule has 1 aliphatic heterocycles. The lowest BCUT2D eigenvalue weighted by Crippen LogP contribution is -2.44. The van der Waals surface area contributed by atoms with Crippen molar-refractivity contribution < 1.29 is 4.79 Å². The van der Waals surface area contributed by atoms with Crippen LogP contribution in [0.3, 0.4) is 0 Å². The van der Waals surface area contributed by atoms with E-state index in [9.17, 15) is 4.79 Å². The molecule has 3 nitrogen and oxygen atoms in total. The summed E-state index contributed by atoms with van der Waals surface area (Å²) in [5.41, 5.74) is 5.66. The molecular formula is C23H28N2O. The van der Waals surface area contributed by atoms with Gasteiger partial charge in [0, 0.05) is 32.9 Å². The number of hydrogen-bond donors (Lipinski definition) is 0. The van der Waals surface area contributed by atoms with Crippen LogP contribution in [-0.4, -0.2) is 38.0 Å². The lowest BCUT2D eigenvalue weighted by molar-refractivity contribution is -0.132. The Morgan fingerprint density at radius 3 is 2.38 bits per heavy atom. The van der Waals surface area contributed by atoms with E-state index in [1.54, 1.807) is 5.56 Å². The Bertz CT molecular complexity index is 786. The summed E-state index contributed by atoms with van der Waals surface area (Å²) in [4.78, 5) is 16.9. The minimum atomic E-state index is 0.267. The van der Waals surface area contributed by atoms with Gasteiger partial charge in [-0.2, -0.15) is 0 Å². The van der Waals surface area contributed by atoms with Gasteiger partial charge in [-0.05, 0) is 59.9 Å². The Hall–Kier alpha value is -2.29. The van der Waals surface area contributed by atoms with Gasteiger partial charge >= 0.3 is 0 Å². The second kappa shape index (κ2) is 6.79. The topological polar surface area (TPSA) is 23.6 Å². The maximum Gasteiger partial charge on any atom is 0.226 e. The van der Waals surface area contributed by atoms with Crippen LogP contribution in [0, 0.1) is 0 Å². The van der Waals surface area contributed by atoms with E-state index in [0.29, 0.717) is 11.8 Å². The molecule has 0 bridgehead atoms. The first kappa shape index (κ1) is 17.1. The summed E-state index contributed by atoms with van der Waals surface area (Å²) in [6.45, 7) is 1.78. The molecule has 3 heteroatoms. The molecule has 0 aromatic heterocycles. The fourth-order valence-electron chi connectivity index (χ4n) is 4.67. The van der Waals surface area contributed by atoms with Crippen molar-refractivity contribution in [3.63, 3.8) is 0 Å². The predicted octanol–water partition coefficient (Wildman–Crippen LogP) is 3.80. The van der Waals surface area contributed by atoms with Crippen molar-refractivity contribution >= 4 is 11.6 Å². The predicted molar refractivity (Wildman–Crippen MR) is 107 cm³/mol. The molecule has 1 heterocycles. The number of amides is 1. The van der Waals surface area contributed by atoms with Crippen LogP contribution in [0.15, 0.2) is 48.5 Å². The zero-order valence-electron chi connectivity index (χ0n) is 15.9. The van der Waals surface area contributed by atoms with Crippen molar-refractivity contribution in [1.29, 1.82) is 0 Å². The van der Waals surface area contributed by atoms with Gasteiger partial charge in [0.2, 0.25) is 5.91 Å². The van der Waals surface area contributed by atoms with Gasteiger partial charge in [0.15, 0.2) is 0 Å². The summed E-state index contributed by atoms with van der Waals surface area (Å²) < 4.78 is 0. The SMILES string of the molecule is CN(C)c1ccc(CC(=O)N2CCC3(CCc4ccccc43)CC2)cc1. The third-order valence-electron chi connectivity index (χ3n) is 6.34. The first-order valence-electron chi connectivity index (χ1n) is 9.70. The van der Waals surface area contributed by atoms with Crippen molar-refractivity contribution in [3.05, 3.63) is 65.2 Å². The summed E-state index contributed by atoms with van der Waals surface area (Å²) in [7, 11) is 4.07. The summed E-state index contributed by atoms with van der Waals surface area (Å²) in [6.07, 6.45) is 5.17. The number of piperidine rings is 1. The van der Waals surface area contributed by atoms with Crippen LogP contribution < -0.4 is 4.90 Å². The second-order valence-corrected chi connectivity index (χ2v) is 8.06. The Morgan fingerprint density at radius 1 is 1.00 bits per heavy atom. The summed E-state index contributed by atoms with van der Waals surface area (Å²) >= 11 is 0. The van der Waals surface area contributed by atoms with Crippen LogP contribution in [0.25, 0.3) is 0 Å². The summed E-state index contributed by atoms with van der Waals surface area (Å²) in [6, 6.07) is 17.2. The van der Waals surface area contributed by atoms with Crippen LogP contribution in [0.5, 0.6) is 0 Å². The second-order valence-electron chi connectivity index (χ2n) is 8.06. The van der Waals surface area contributed by atoms with Crippen LogP contribution in [0.2, 0.25) is 0 Å². The molecule has 4 rings (SSSR count). The van der Waals surface area contributed by atoms with Gasteiger partial charge in [0.05, 0.1) is 6.42 Å². The number of fused-ring (bicyclic) bond motifs is 2. The fourth-order valence-corrected chi connectivity index (χ4v) is 4.67. The van der Waals surface area contributed by atoms with Crippen molar-refractivity contribution in [2.75, 3.05) is 32.1 Å². The molecule has 2 aromatic rings. The highest BCUT2D eigenvalue weighted by molar-refractivity contribution is 5.79. The zero-order chi connectivity index (χ0) is 18.1. The number of hydrogen-bond acceptors (Lipinski definition) is 2. The minimum Gasteiger partial charge on any atom is -0.378 e. The lowest BCUT2D eigenvalue weighted by atomic mass is 9.74. The number of benzene rings is 2. The Balaban J connectivity index is 1.38. The highest BCUT2D eigenvalue weighted by Gasteiger charge is 2.41. The van der Waals surface area contributed by atoms with E-state index in [0.717, 1.165) is 31.5 Å². The van der Waals surface area contributed by atoms with E-state index in [2.05, 4.69) is 58.3 Å². The smallest absolute Gasteiger partial charge is 0.226 e. The van der Waals surface area contributed by atoms with Gasteiger partial charge in [0.1, 0.15) is 0 Å². The summed E-state index contributed by atoms with van der Waals surface area (Å²) in [5, 5.41) is 0. The molecule has 1 amide bonds. The molecule has 0 unspecified atom stereocenters. The average molecular weight is 348 g/mol. The fraction of sp³-hybridized carbons (Fsp3) is 0.435. The van der Waals surface area contributed by atoms with Gasteiger partial charge in [-0.25, -0.2) is 0 Å². The molecule has 1 spiro atoms. The molecule has 0 atom stereocenters. The lowest BCUT2D eigenvalue weighted by Gasteiger charge is -2.40. The van der Waals surface area contributed by atoms with E-state index < -0.39 is 0 Å². The Labute approximate surface area is 156 Å². The third-order valence-corrected chi connectivity index (χ3v) is 6.34. The highest BCUT2D eigenvalue weighted by atomic mass is 16.2. The van der Waals surface area contributed by atoms with Gasteiger partial charge in [-0.15, -0.1) is 0 Å². The van der Waals surface area contributed by atoms with E-state index in [-0.39, 0.29) is 5.91 Å². The quantitative estimate of drug-likeness (QED) is 0.842. The van der Waals surface area contributed by atoms with Crippen molar-refractivity contribution in [2.24, 2.45) is 0 Å². The number of rotatable bonds is 3. The van der Waals surface area contributed by atoms with Crippen molar-refractivity contribution in [2.45, 2.75) is 37.5 Å². The zero-order valence-corrected chi connectivity index (χ0v) is 15.9. The largest absolute Gasteiger partial charge is 0.378 e. The van der Waals surface area contributed by atoms with Crippen LogP contribution in [0.4, 0.5) is 5.69 Å². The summed E-state index contributed by atoms with van der Waals surface area (Å²) in [5.74, 6) is 0.267. The maximum absolute atomic E-state index is 12.8. The van der Waals surface area contributed by atoms with Crippen molar-refractivity contribution in [3.8, 4) is 0 Å². The monoisotopic (exact) mass is 348 g/mol. The molecule has 1 fully saturated rings. The van der Waals surface area contributed by atoms with Gasteiger partial charge < -0.3 is 9.80 Å². The highest BCUT2D eigenvalue weighted by Crippen LogP contribution is 2.46. The minimum absolute atomic E-state index is 0.267. The number of carbonyl (C=O) groups excluding carboxylic acids is 1. The van der Waals surface area contributed by atoms with Crippen LogP contribution in [0.1, 0.15) is 36.0 Å². The van der Waals surface area contributed by atoms with Crippen LogP contribution >= 0.6 is 0 Å². The molecular weight excluding hydrogens is 320 g/mol. The Morgan fingerprint density at radius 2 is 1.69 bits per heavy atom. The van der Waals surface area contributed by atoms with E-state index in [1.807, 2.05) is 14.1 Å². The molecule has 2 aliphatic rings. The number of likely N-dealkylation sites (tertiary alicyclic amines) is 1. The molecule has 0 saturated carbocycles. The van der Waals surface area contributed by atoms with E-state index >= 15 is 0 Å². The van der Waals surface area contributed by atoms with E-state index in [4.69, 9.17) is 0 Å². The van der Waals surface area contributed by atoms with Gasteiger partial charge in [-0.1, -0.05) is 36.4 Å². The molecule has 1 saturated heterocycles. The van der Waals surface area contributed by atoms with Gasteiger partial charge in [0.25, 0.3) is 0 Å². The first-order chi connectivity index (χ1) is 12.6. The molecule has 1 aliphatic carbocycles. The first-order valence-corrected chi connectivity index (χ1v) is 9.70. The Kier molecular flexibility index (Phi) is 4.47. The molecule has 0 N–H and O–H groups in total. The third kappa shape index (κ3) is 3.11. The number of carbonyl (C=O) groups is 1. The standard InChI is InChI=1S/C23H28N2O/c1-24(2)20-9-7-18(8-10-20)17-22(26)25-15-13-23(14-16-25)12-11-19-5-3-4-6-21(19)23/h3-10H,11-17H2,1-2H3. The van der Waals surface area contributed by atoms with Gasteiger partial charge in [-0.3, -0.25) is 4.79 Å². The average Bonchev–Trinajstić information content (AvgIpc) is 3.01.